The van der Waals surface area contributed by atoms with Gasteiger partial charge in [-0.1, -0.05) is 13.0 Å². The van der Waals surface area contributed by atoms with Crippen molar-refractivity contribution in [2.24, 2.45) is 5.92 Å². The third-order valence-electron chi connectivity index (χ3n) is 6.02. The summed E-state index contributed by atoms with van der Waals surface area (Å²) in [5, 5.41) is 0. The fraction of sp³-hybridized carbons (Fsp3) is 0.522. The number of aryl methyl sites for hydroxylation is 1. The number of rotatable bonds is 6. The Morgan fingerprint density at radius 3 is 2.72 bits per heavy atom. The maximum atomic E-state index is 13.1. The van der Waals surface area contributed by atoms with E-state index >= 15 is 0 Å². The number of piperidine rings is 1. The van der Waals surface area contributed by atoms with Gasteiger partial charge in [-0.2, -0.15) is 0 Å². The summed E-state index contributed by atoms with van der Waals surface area (Å²) in [6.45, 7) is 6.22. The summed E-state index contributed by atoms with van der Waals surface area (Å²) in [5.41, 5.74) is 1.60. The minimum atomic E-state index is -0.202. The molecule has 1 unspecified atom stereocenters. The van der Waals surface area contributed by atoms with Crippen LogP contribution in [0.15, 0.2) is 34.9 Å². The standard InChI is InChI=1S/C23H29N3O3/c1-2-20-18(15-25-11-5-6-12-25)14-21(29-20)23(28)26-13-7-8-17(16-26)22(27)19-9-3-4-10-24-19/h3-4,9-10,14,17H,2,5-8,11-13,15-16H2,1H3. The highest BCUT2D eigenvalue weighted by Gasteiger charge is 2.31. The Hall–Kier alpha value is -2.47. The molecule has 0 aromatic carbocycles. The fourth-order valence-corrected chi connectivity index (χ4v) is 4.44. The monoisotopic (exact) mass is 395 g/mol. The summed E-state index contributed by atoms with van der Waals surface area (Å²) in [6, 6.07) is 7.29. The summed E-state index contributed by atoms with van der Waals surface area (Å²) in [4.78, 5) is 34.3. The van der Waals surface area contributed by atoms with Crippen LogP contribution in [0.1, 0.15) is 65.0 Å². The Balaban J connectivity index is 1.46. The first-order valence-electron chi connectivity index (χ1n) is 10.7. The van der Waals surface area contributed by atoms with Gasteiger partial charge in [0.05, 0.1) is 0 Å². The van der Waals surface area contributed by atoms with Crippen LogP contribution in [0.3, 0.4) is 0 Å². The SMILES string of the molecule is CCc1oc(C(=O)N2CCCC(C(=O)c3ccccn3)C2)cc1CN1CCCC1. The van der Waals surface area contributed by atoms with E-state index in [-0.39, 0.29) is 17.6 Å². The first-order valence-corrected chi connectivity index (χ1v) is 10.7. The largest absolute Gasteiger partial charge is 0.456 e. The lowest BCUT2D eigenvalue weighted by molar-refractivity contribution is 0.0608. The van der Waals surface area contributed by atoms with Gasteiger partial charge in [0, 0.05) is 43.7 Å². The van der Waals surface area contributed by atoms with Gasteiger partial charge in [0.2, 0.25) is 0 Å². The molecule has 2 aliphatic heterocycles. The van der Waals surface area contributed by atoms with Crippen molar-refractivity contribution in [1.29, 1.82) is 0 Å². The first-order chi connectivity index (χ1) is 14.2. The zero-order valence-corrected chi connectivity index (χ0v) is 17.1. The fourth-order valence-electron chi connectivity index (χ4n) is 4.44. The van der Waals surface area contributed by atoms with Gasteiger partial charge in [-0.15, -0.1) is 0 Å². The maximum absolute atomic E-state index is 13.1. The number of likely N-dealkylation sites (tertiary alicyclic amines) is 2. The minimum Gasteiger partial charge on any atom is -0.456 e. The molecule has 1 amide bonds. The highest BCUT2D eigenvalue weighted by molar-refractivity contribution is 5.97. The van der Waals surface area contributed by atoms with E-state index in [0.717, 1.165) is 50.2 Å². The van der Waals surface area contributed by atoms with E-state index in [2.05, 4.69) is 16.8 Å². The zero-order valence-electron chi connectivity index (χ0n) is 17.1. The third-order valence-corrected chi connectivity index (χ3v) is 6.02. The number of hydrogen-bond acceptors (Lipinski definition) is 5. The Morgan fingerprint density at radius 2 is 2.00 bits per heavy atom. The number of amides is 1. The van der Waals surface area contributed by atoms with Crippen molar-refractivity contribution in [3.8, 4) is 0 Å². The molecule has 2 aliphatic rings. The van der Waals surface area contributed by atoms with Gasteiger partial charge in [0.15, 0.2) is 11.5 Å². The van der Waals surface area contributed by atoms with Gasteiger partial charge < -0.3 is 9.32 Å². The first kappa shape index (κ1) is 19.8. The van der Waals surface area contributed by atoms with E-state index in [9.17, 15) is 9.59 Å². The number of carbonyl (C=O) groups is 2. The number of furan rings is 1. The predicted molar refractivity (Wildman–Crippen MR) is 110 cm³/mol. The van der Waals surface area contributed by atoms with Crippen LogP contribution in [0.4, 0.5) is 0 Å². The second-order valence-corrected chi connectivity index (χ2v) is 8.07. The van der Waals surface area contributed by atoms with Gasteiger partial charge in [0.1, 0.15) is 11.5 Å². The average Bonchev–Trinajstić information content (AvgIpc) is 3.43. The molecule has 29 heavy (non-hydrogen) atoms. The van der Waals surface area contributed by atoms with E-state index in [1.165, 1.54) is 12.8 Å². The number of aromatic nitrogens is 1. The molecule has 6 heteroatoms. The highest BCUT2D eigenvalue weighted by Crippen LogP contribution is 2.25. The molecule has 4 rings (SSSR count). The Kier molecular flexibility index (Phi) is 6.09. The average molecular weight is 396 g/mol. The number of hydrogen-bond donors (Lipinski definition) is 0. The van der Waals surface area contributed by atoms with Crippen LogP contribution in [-0.4, -0.2) is 52.7 Å². The normalized spacial score (nSPS) is 20.2. The van der Waals surface area contributed by atoms with Crippen molar-refractivity contribution < 1.29 is 14.0 Å². The molecule has 0 N–H and O–H groups in total. The van der Waals surface area contributed by atoms with Crippen LogP contribution in [-0.2, 0) is 13.0 Å². The highest BCUT2D eigenvalue weighted by atomic mass is 16.4. The number of pyridine rings is 1. The summed E-state index contributed by atoms with van der Waals surface area (Å²) in [6.07, 6.45) is 6.50. The van der Waals surface area contributed by atoms with E-state index < -0.39 is 0 Å². The van der Waals surface area contributed by atoms with Crippen molar-refractivity contribution in [3.63, 3.8) is 0 Å². The third kappa shape index (κ3) is 4.42. The zero-order chi connectivity index (χ0) is 20.2. The molecule has 2 fully saturated rings. The minimum absolute atomic E-state index is 0.0199. The quantitative estimate of drug-likeness (QED) is 0.700. The van der Waals surface area contributed by atoms with Gasteiger partial charge in [-0.25, -0.2) is 0 Å². The van der Waals surface area contributed by atoms with Crippen molar-refractivity contribution in [2.75, 3.05) is 26.2 Å². The van der Waals surface area contributed by atoms with Crippen LogP contribution < -0.4 is 0 Å². The van der Waals surface area contributed by atoms with Crippen LogP contribution in [0, 0.1) is 5.92 Å². The van der Waals surface area contributed by atoms with Crippen LogP contribution >= 0.6 is 0 Å². The Bertz CT molecular complexity index is 856. The molecule has 0 aliphatic carbocycles. The summed E-state index contributed by atoms with van der Waals surface area (Å²) in [7, 11) is 0. The number of nitrogens with zero attached hydrogens (tertiary/aromatic N) is 3. The van der Waals surface area contributed by atoms with E-state index in [0.29, 0.717) is 24.5 Å². The molecule has 2 saturated heterocycles. The van der Waals surface area contributed by atoms with Crippen molar-refractivity contribution >= 4 is 11.7 Å². The number of Topliss-reactive ketones (excluding diaryl/α,β-unsaturated/α-hetero) is 1. The molecule has 0 saturated carbocycles. The molecule has 2 aromatic rings. The molecule has 0 radical (unpaired) electrons. The molecule has 6 nitrogen and oxygen atoms in total. The van der Waals surface area contributed by atoms with Crippen molar-refractivity contribution in [2.45, 2.75) is 45.6 Å². The second-order valence-electron chi connectivity index (χ2n) is 8.07. The predicted octanol–water partition coefficient (Wildman–Crippen LogP) is 3.57. The second kappa shape index (κ2) is 8.91. The van der Waals surface area contributed by atoms with Crippen LogP contribution in [0.5, 0.6) is 0 Å². The van der Waals surface area contributed by atoms with E-state index in [4.69, 9.17) is 4.42 Å². The molecule has 1 atom stereocenters. The van der Waals surface area contributed by atoms with Gasteiger partial charge in [-0.3, -0.25) is 19.5 Å². The number of ketones is 1. The summed E-state index contributed by atoms with van der Waals surface area (Å²) in [5.74, 6) is 1.02. The lowest BCUT2D eigenvalue weighted by Gasteiger charge is -2.31. The lowest BCUT2D eigenvalue weighted by atomic mass is 9.92. The summed E-state index contributed by atoms with van der Waals surface area (Å²) >= 11 is 0. The molecule has 0 spiro atoms. The molecule has 4 heterocycles. The topological polar surface area (TPSA) is 66.7 Å². The maximum Gasteiger partial charge on any atom is 0.289 e. The molecule has 2 aromatic heterocycles. The van der Waals surface area contributed by atoms with Gasteiger partial charge in [-0.05, 0) is 57.0 Å². The molecular weight excluding hydrogens is 366 g/mol. The smallest absolute Gasteiger partial charge is 0.289 e. The molecular formula is C23H29N3O3. The summed E-state index contributed by atoms with van der Waals surface area (Å²) < 4.78 is 5.95. The van der Waals surface area contributed by atoms with Crippen LogP contribution in [0.25, 0.3) is 0 Å². The van der Waals surface area contributed by atoms with Crippen molar-refractivity contribution in [3.05, 3.63) is 53.2 Å². The Morgan fingerprint density at radius 1 is 1.17 bits per heavy atom. The molecule has 154 valence electrons. The van der Waals surface area contributed by atoms with Gasteiger partial charge in [0.25, 0.3) is 5.91 Å². The van der Waals surface area contributed by atoms with Gasteiger partial charge >= 0.3 is 0 Å². The lowest BCUT2D eigenvalue weighted by Crippen LogP contribution is -2.42. The number of carbonyl (C=O) groups excluding carboxylic acids is 2. The van der Waals surface area contributed by atoms with Crippen molar-refractivity contribution in [1.82, 2.24) is 14.8 Å². The van der Waals surface area contributed by atoms with E-state index in [1.807, 2.05) is 12.1 Å². The van der Waals surface area contributed by atoms with E-state index in [1.54, 1.807) is 23.2 Å². The molecule has 0 bridgehead atoms. The Labute approximate surface area is 171 Å². The van der Waals surface area contributed by atoms with Crippen LogP contribution in [0.2, 0.25) is 0 Å².